The Hall–Kier alpha value is -0.780. The number of thiocarbonyl (C=S) groups is 1. The van der Waals surface area contributed by atoms with Crippen molar-refractivity contribution >= 4 is 29.0 Å². The summed E-state index contributed by atoms with van der Waals surface area (Å²) < 4.78 is 5.37. The van der Waals surface area contributed by atoms with Gasteiger partial charge >= 0.3 is 0 Å². The summed E-state index contributed by atoms with van der Waals surface area (Å²) in [5.41, 5.74) is 7.70. The summed E-state index contributed by atoms with van der Waals surface area (Å²) in [6, 6.07) is 6.63. The number of thioether (sulfide) groups is 1. The maximum Gasteiger partial charge on any atom is 0.129 e. The maximum atomic E-state index is 5.69. The monoisotopic (exact) mass is 312 g/mol. The maximum absolute atomic E-state index is 5.69. The molecule has 0 saturated heterocycles. The van der Waals surface area contributed by atoms with E-state index in [9.17, 15) is 0 Å². The smallest absolute Gasteiger partial charge is 0.129 e. The van der Waals surface area contributed by atoms with Crippen molar-refractivity contribution in [1.29, 1.82) is 0 Å². The van der Waals surface area contributed by atoms with Crippen LogP contribution >= 0.6 is 24.0 Å². The minimum absolute atomic E-state index is 0.371. The molecule has 0 spiro atoms. The van der Waals surface area contributed by atoms with E-state index >= 15 is 0 Å². The Morgan fingerprint density at radius 2 is 2.20 bits per heavy atom. The summed E-state index contributed by atoms with van der Waals surface area (Å²) in [6.45, 7) is 3.13. The first-order valence-corrected chi connectivity index (χ1v) is 8.49. The second-order valence-corrected chi connectivity index (χ2v) is 6.18. The zero-order valence-corrected chi connectivity index (χ0v) is 14.3. The third-order valence-electron chi connectivity index (χ3n) is 3.42. The summed E-state index contributed by atoms with van der Waals surface area (Å²) in [5, 5.41) is 0. The number of benzene rings is 1. The van der Waals surface area contributed by atoms with Gasteiger partial charge in [-0.2, -0.15) is 11.8 Å². The Bertz CT molecular complexity index is 451. The Morgan fingerprint density at radius 3 is 2.70 bits per heavy atom. The Balaban J connectivity index is 2.85. The second-order valence-electron chi connectivity index (χ2n) is 4.83. The number of ether oxygens (including phenoxy) is 1. The van der Waals surface area contributed by atoms with E-state index in [0.29, 0.717) is 11.0 Å². The zero-order chi connectivity index (χ0) is 15.1. The summed E-state index contributed by atoms with van der Waals surface area (Å²) >= 11 is 6.91. The largest absolute Gasteiger partial charge is 0.496 e. The lowest BCUT2D eigenvalue weighted by atomic mass is 10.1. The molecule has 1 aromatic rings. The third-order valence-corrected chi connectivity index (χ3v) is 4.36. The minimum atomic E-state index is 0.371. The number of methoxy groups -OCH3 is 1. The van der Waals surface area contributed by atoms with Gasteiger partial charge in [-0.05, 0) is 37.4 Å². The highest BCUT2D eigenvalue weighted by Gasteiger charge is 2.14. The van der Waals surface area contributed by atoms with Crippen LogP contribution in [0.2, 0.25) is 0 Å². The van der Waals surface area contributed by atoms with Gasteiger partial charge in [-0.25, -0.2) is 0 Å². The molecule has 0 aliphatic rings. The van der Waals surface area contributed by atoms with Crippen molar-refractivity contribution < 1.29 is 4.74 Å². The van der Waals surface area contributed by atoms with Crippen molar-refractivity contribution in [2.24, 2.45) is 5.73 Å². The van der Waals surface area contributed by atoms with Gasteiger partial charge in [0, 0.05) is 18.3 Å². The van der Waals surface area contributed by atoms with E-state index in [1.165, 1.54) is 5.56 Å². The predicted octanol–water partition coefficient (Wildman–Crippen LogP) is 2.90. The normalized spacial score (nSPS) is 12.4. The fourth-order valence-corrected chi connectivity index (χ4v) is 3.25. The van der Waals surface area contributed by atoms with Crippen molar-refractivity contribution in [3.05, 3.63) is 29.3 Å². The molecule has 0 bridgehead atoms. The minimum Gasteiger partial charge on any atom is -0.496 e. The predicted molar refractivity (Wildman–Crippen MR) is 92.8 cm³/mol. The lowest BCUT2D eigenvalue weighted by Gasteiger charge is -2.26. The molecule has 0 aromatic heterocycles. The van der Waals surface area contributed by atoms with Crippen LogP contribution in [-0.2, 0) is 6.54 Å². The van der Waals surface area contributed by atoms with Gasteiger partial charge in [0.15, 0.2) is 0 Å². The highest BCUT2D eigenvalue weighted by molar-refractivity contribution is 7.98. The van der Waals surface area contributed by atoms with Gasteiger partial charge in [0.25, 0.3) is 0 Å². The third kappa shape index (κ3) is 4.65. The molecule has 0 amide bonds. The van der Waals surface area contributed by atoms with Crippen LogP contribution < -0.4 is 10.5 Å². The zero-order valence-electron chi connectivity index (χ0n) is 12.7. The molecule has 0 aliphatic carbocycles. The van der Waals surface area contributed by atoms with Crippen molar-refractivity contribution in [3.8, 4) is 5.75 Å². The molecule has 5 heteroatoms. The van der Waals surface area contributed by atoms with Crippen LogP contribution in [0.3, 0.4) is 0 Å². The van der Waals surface area contributed by atoms with Crippen molar-refractivity contribution in [3.63, 3.8) is 0 Å². The molecule has 0 aliphatic heterocycles. The van der Waals surface area contributed by atoms with E-state index in [0.717, 1.165) is 30.0 Å². The standard InChI is InChI=1S/C15H24N2OS2/c1-5-12(10-20-4)17(2)9-11-6-7-13(15(16)19)14(8-11)18-3/h6-8,12H,5,9-10H2,1-4H3,(H2,16,19). The fourth-order valence-electron chi connectivity index (χ4n) is 2.20. The molecule has 1 unspecified atom stereocenters. The van der Waals surface area contributed by atoms with Crippen molar-refractivity contribution in [2.75, 3.05) is 26.2 Å². The molecule has 2 N–H and O–H groups in total. The van der Waals surface area contributed by atoms with E-state index in [-0.39, 0.29) is 0 Å². The van der Waals surface area contributed by atoms with Crippen LogP contribution in [-0.4, -0.2) is 42.1 Å². The lowest BCUT2D eigenvalue weighted by molar-refractivity contribution is 0.247. The number of nitrogens with zero attached hydrogens (tertiary/aromatic N) is 1. The number of nitrogens with two attached hydrogens (primary N) is 1. The first-order valence-electron chi connectivity index (χ1n) is 6.69. The van der Waals surface area contributed by atoms with Gasteiger partial charge in [-0.15, -0.1) is 0 Å². The second kappa shape index (κ2) is 8.49. The molecule has 1 aromatic carbocycles. The van der Waals surface area contributed by atoms with E-state index in [2.05, 4.69) is 31.2 Å². The summed E-state index contributed by atoms with van der Waals surface area (Å²) in [4.78, 5) is 2.75. The Labute approximate surface area is 131 Å². The van der Waals surface area contributed by atoms with Crippen molar-refractivity contribution in [1.82, 2.24) is 4.90 Å². The van der Waals surface area contributed by atoms with Gasteiger partial charge in [0.2, 0.25) is 0 Å². The average Bonchev–Trinajstić information content (AvgIpc) is 2.44. The average molecular weight is 313 g/mol. The molecule has 20 heavy (non-hydrogen) atoms. The Kier molecular flexibility index (Phi) is 7.34. The van der Waals surface area contributed by atoms with Crippen LogP contribution in [0.1, 0.15) is 24.5 Å². The molecular weight excluding hydrogens is 288 g/mol. The van der Waals surface area contributed by atoms with Gasteiger partial charge < -0.3 is 10.5 Å². The van der Waals surface area contributed by atoms with E-state index in [1.807, 2.05) is 23.9 Å². The quantitative estimate of drug-likeness (QED) is 0.747. The highest BCUT2D eigenvalue weighted by Crippen LogP contribution is 2.22. The summed E-state index contributed by atoms with van der Waals surface area (Å²) in [5.74, 6) is 1.90. The highest BCUT2D eigenvalue weighted by atomic mass is 32.2. The molecule has 0 saturated carbocycles. The SMILES string of the molecule is CCC(CSC)N(C)Cc1ccc(C(N)=S)c(OC)c1. The molecule has 1 rings (SSSR count). The molecule has 0 fully saturated rings. The van der Waals surface area contributed by atoms with Crippen LogP contribution in [0, 0.1) is 0 Å². The summed E-state index contributed by atoms with van der Waals surface area (Å²) in [7, 11) is 3.81. The molecular formula is C15H24N2OS2. The van der Waals surface area contributed by atoms with Gasteiger partial charge in [0.1, 0.15) is 10.7 Å². The van der Waals surface area contributed by atoms with Crippen LogP contribution in [0.15, 0.2) is 18.2 Å². The van der Waals surface area contributed by atoms with E-state index in [4.69, 9.17) is 22.7 Å². The van der Waals surface area contributed by atoms with Crippen LogP contribution in [0.5, 0.6) is 5.75 Å². The molecule has 1 atom stereocenters. The number of hydrogen-bond acceptors (Lipinski definition) is 4. The molecule has 0 heterocycles. The first kappa shape index (κ1) is 17.3. The molecule has 3 nitrogen and oxygen atoms in total. The van der Waals surface area contributed by atoms with Gasteiger partial charge in [-0.1, -0.05) is 25.2 Å². The summed E-state index contributed by atoms with van der Waals surface area (Å²) in [6.07, 6.45) is 3.30. The van der Waals surface area contributed by atoms with Crippen LogP contribution in [0.4, 0.5) is 0 Å². The molecule has 0 radical (unpaired) electrons. The van der Waals surface area contributed by atoms with E-state index < -0.39 is 0 Å². The fraction of sp³-hybridized carbons (Fsp3) is 0.533. The van der Waals surface area contributed by atoms with Crippen LogP contribution in [0.25, 0.3) is 0 Å². The number of rotatable bonds is 8. The van der Waals surface area contributed by atoms with Crippen molar-refractivity contribution in [2.45, 2.75) is 25.9 Å². The lowest BCUT2D eigenvalue weighted by Crippen LogP contribution is -2.32. The Morgan fingerprint density at radius 1 is 1.50 bits per heavy atom. The van der Waals surface area contributed by atoms with Gasteiger partial charge in [-0.3, -0.25) is 4.90 Å². The topological polar surface area (TPSA) is 38.5 Å². The number of hydrogen-bond donors (Lipinski definition) is 1. The molecule has 112 valence electrons. The van der Waals surface area contributed by atoms with E-state index in [1.54, 1.807) is 7.11 Å². The first-order chi connectivity index (χ1) is 9.53. The van der Waals surface area contributed by atoms with Gasteiger partial charge in [0.05, 0.1) is 12.7 Å².